The third-order valence-electron chi connectivity index (χ3n) is 6.26. The van der Waals surface area contributed by atoms with Gasteiger partial charge in [-0.15, -0.1) is 0 Å². The minimum absolute atomic E-state index is 0.0234. The van der Waals surface area contributed by atoms with E-state index in [1.54, 1.807) is 42.5 Å². The molecule has 8 heteroatoms. The van der Waals surface area contributed by atoms with Crippen molar-refractivity contribution in [1.82, 2.24) is 4.90 Å². The lowest BCUT2D eigenvalue weighted by Gasteiger charge is -2.23. The molecule has 2 aliphatic heterocycles. The molecule has 1 unspecified atom stereocenters. The molecule has 2 fully saturated rings. The second kappa shape index (κ2) is 10.9. The van der Waals surface area contributed by atoms with Crippen molar-refractivity contribution >= 4 is 11.9 Å². The van der Waals surface area contributed by atoms with Gasteiger partial charge in [-0.05, 0) is 67.6 Å². The van der Waals surface area contributed by atoms with Crippen molar-refractivity contribution < 1.29 is 34.0 Å². The highest BCUT2D eigenvalue weighted by molar-refractivity contribution is 5.94. The first kappa shape index (κ1) is 24.0. The average Bonchev–Trinajstić information content (AvgIpc) is 3.55. The summed E-state index contributed by atoms with van der Waals surface area (Å²) in [6.45, 7) is 2.12. The minimum Gasteiger partial charge on any atom is -0.491 e. The Morgan fingerprint density at radius 2 is 1.71 bits per heavy atom. The number of aliphatic hydroxyl groups excluding tert-OH is 1. The van der Waals surface area contributed by atoms with Crippen LogP contribution in [0.3, 0.4) is 0 Å². The Morgan fingerprint density at radius 1 is 1.00 bits per heavy atom. The van der Waals surface area contributed by atoms with Gasteiger partial charge in [0, 0.05) is 31.7 Å². The van der Waals surface area contributed by atoms with Crippen molar-refractivity contribution in [2.75, 3.05) is 32.9 Å². The normalized spacial score (nSPS) is 20.8. The molecule has 182 valence electrons. The first-order valence-corrected chi connectivity index (χ1v) is 11.7. The van der Waals surface area contributed by atoms with Gasteiger partial charge in [0.05, 0.1) is 0 Å². The number of carbonyl (C=O) groups excluding carboxylic acids is 1. The second-order valence-electron chi connectivity index (χ2n) is 8.88. The van der Waals surface area contributed by atoms with E-state index in [0.717, 1.165) is 37.9 Å². The summed E-state index contributed by atoms with van der Waals surface area (Å²) in [6, 6.07) is 14.1. The molecule has 4 rings (SSSR count). The molecule has 0 aromatic heterocycles. The van der Waals surface area contributed by atoms with Crippen LogP contribution in [0.25, 0.3) is 0 Å². The molecule has 2 heterocycles. The van der Waals surface area contributed by atoms with Crippen LogP contribution in [0, 0.1) is 0 Å². The van der Waals surface area contributed by atoms with Crippen LogP contribution in [0.2, 0.25) is 0 Å². The third kappa shape index (κ3) is 5.87. The zero-order valence-electron chi connectivity index (χ0n) is 19.2. The van der Waals surface area contributed by atoms with Crippen LogP contribution in [-0.2, 0) is 16.0 Å². The van der Waals surface area contributed by atoms with E-state index >= 15 is 0 Å². The number of hydrogen-bond donors (Lipinski definition) is 2. The van der Waals surface area contributed by atoms with Gasteiger partial charge in [-0.1, -0.05) is 12.1 Å². The minimum atomic E-state index is -1.18. The summed E-state index contributed by atoms with van der Waals surface area (Å²) in [4.78, 5) is 26.0. The van der Waals surface area contributed by atoms with Gasteiger partial charge in [0.25, 0.3) is 5.91 Å². The maximum Gasteiger partial charge on any atom is 0.336 e. The molecule has 0 spiro atoms. The standard InChI is InChI=1S/C26H31NO7/c28-21(17-32-22-9-7-20(8-10-22)24(29)27-12-1-2-13-27)18-33-23-6-3-5-19(15-23)16-26(25(30)31)11-4-14-34-26/h3,5-10,15,21,28H,1-2,4,11-14,16-18H2,(H,30,31)/t21-,26?/m1/s1. The number of benzene rings is 2. The zero-order chi connectivity index (χ0) is 24.0. The van der Waals surface area contributed by atoms with Crippen molar-refractivity contribution in [3.8, 4) is 11.5 Å². The first-order valence-electron chi connectivity index (χ1n) is 11.7. The topological polar surface area (TPSA) is 106 Å². The number of nitrogens with zero attached hydrogens (tertiary/aromatic N) is 1. The Kier molecular flexibility index (Phi) is 7.70. The van der Waals surface area contributed by atoms with E-state index in [1.165, 1.54) is 0 Å². The van der Waals surface area contributed by atoms with Crippen molar-refractivity contribution in [3.63, 3.8) is 0 Å². The number of ether oxygens (including phenoxy) is 3. The second-order valence-corrected chi connectivity index (χ2v) is 8.88. The Balaban J connectivity index is 1.24. The van der Waals surface area contributed by atoms with Gasteiger partial charge in [0.15, 0.2) is 5.60 Å². The number of carboxylic acid groups (broad SMARTS) is 1. The number of amides is 1. The molecule has 0 bridgehead atoms. The molecule has 0 saturated carbocycles. The Bertz CT molecular complexity index is 979. The number of rotatable bonds is 10. The smallest absolute Gasteiger partial charge is 0.336 e. The predicted molar refractivity (Wildman–Crippen MR) is 124 cm³/mol. The Morgan fingerprint density at radius 3 is 2.35 bits per heavy atom. The lowest BCUT2D eigenvalue weighted by atomic mass is 9.91. The Labute approximate surface area is 199 Å². The van der Waals surface area contributed by atoms with E-state index in [0.29, 0.717) is 30.1 Å². The predicted octanol–water partition coefficient (Wildman–Crippen LogP) is 2.92. The summed E-state index contributed by atoms with van der Waals surface area (Å²) in [5, 5.41) is 19.9. The van der Waals surface area contributed by atoms with E-state index in [9.17, 15) is 19.8 Å². The van der Waals surface area contributed by atoms with Crippen LogP contribution >= 0.6 is 0 Å². The molecular formula is C26H31NO7. The molecule has 2 aromatic rings. The lowest BCUT2D eigenvalue weighted by Crippen LogP contribution is -2.40. The average molecular weight is 470 g/mol. The molecule has 2 atom stereocenters. The van der Waals surface area contributed by atoms with Gasteiger partial charge in [-0.2, -0.15) is 0 Å². The van der Waals surface area contributed by atoms with E-state index in [2.05, 4.69) is 0 Å². The van der Waals surface area contributed by atoms with Crippen molar-refractivity contribution in [2.45, 2.75) is 43.8 Å². The Hall–Kier alpha value is -3.10. The van der Waals surface area contributed by atoms with Gasteiger partial charge < -0.3 is 29.3 Å². The lowest BCUT2D eigenvalue weighted by molar-refractivity contribution is -0.159. The summed E-state index contributed by atoms with van der Waals surface area (Å²) >= 11 is 0. The maximum atomic E-state index is 12.4. The molecule has 2 saturated heterocycles. The van der Waals surface area contributed by atoms with Gasteiger partial charge in [-0.25, -0.2) is 4.79 Å². The third-order valence-corrected chi connectivity index (χ3v) is 6.26. The number of likely N-dealkylation sites (tertiary alicyclic amines) is 1. The number of hydrogen-bond acceptors (Lipinski definition) is 6. The number of aliphatic hydroxyl groups is 1. The molecule has 8 nitrogen and oxygen atoms in total. The largest absolute Gasteiger partial charge is 0.491 e. The number of carbonyl (C=O) groups is 2. The van der Waals surface area contributed by atoms with E-state index in [-0.39, 0.29) is 25.5 Å². The van der Waals surface area contributed by atoms with Crippen LogP contribution < -0.4 is 9.47 Å². The fourth-order valence-corrected chi connectivity index (χ4v) is 4.39. The zero-order valence-corrected chi connectivity index (χ0v) is 19.2. The van der Waals surface area contributed by atoms with Crippen molar-refractivity contribution in [2.24, 2.45) is 0 Å². The molecular weight excluding hydrogens is 438 g/mol. The van der Waals surface area contributed by atoms with Crippen LogP contribution in [-0.4, -0.2) is 71.6 Å². The maximum absolute atomic E-state index is 12.4. The number of aliphatic carboxylic acids is 1. The van der Waals surface area contributed by atoms with Crippen LogP contribution in [0.15, 0.2) is 48.5 Å². The fourth-order valence-electron chi connectivity index (χ4n) is 4.39. The summed E-state index contributed by atoms with van der Waals surface area (Å²) in [5.41, 5.74) is 0.252. The highest BCUT2D eigenvalue weighted by Gasteiger charge is 2.42. The first-order chi connectivity index (χ1) is 16.4. The summed E-state index contributed by atoms with van der Waals surface area (Å²) in [7, 11) is 0. The van der Waals surface area contributed by atoms with E-state index < -0.39 is 17.7 Å². The SMILES string of the molecule is O=C(c1ccc(OC[C@@H](O)COc2cccc(CC3(C(=O)O)CCCO3)c2)cc1)N1CCCC1. The van der Waals surface area contributed by atoms with E-state index in [4.69, 9.17) is 14.2 Å². The molecule has 0 radical (unpaired) electrons. The highest BCUT2D eigenvalue weighted by atomic mass is 16.5. The molecule has 1 amide bonds. The summed E-state index contributed by atoms with van der Waals surface area (Å²) in [5.74, 6) is 0.195. The quantitative estimate of drug-likeness (QED) is 0.551. The van der Waals surface area contributed by atoms with Crippen LogP contribution in [0.1, 0.15) is 41.6 Å². The number of carboxylic acids is 1. The monoisotopic (exact) mass is 469 g/mol. The highest BCUT2D eigenvalue weighted by Crippen LogP contribution is 2.31. The molecule has 34 heavy (non-hydrogen) atoms. The van der Waals surface area contributed by atoms with Crippen LogP contribution in [0.5, 0.6) is 11.5 Å². The fraction of sp³-hybridized carbons (Fsp3) is 0.462. The molecule has 0 aliphatic carbocycles. The molecule has 2 aliphatic rings. The van der Waals surface area contributed by atoms with Gasteiger partial charge in [-0.3, -0.25) is 4.79 Å². The van der Waals surface area contributed by atoms with Crippen molar-refractivity contribution in [1.29, 1.82) is 0 Å². The summed E-state index contributed by atoms with van der Waals surface area (Å²) in [6.07, 6.45) is 2.71. The van der Waals surface area contributed by atoms with Crippen molar-refractivity contribution in [3.05, 3.63) is 59.7 Å². The van der Waals surface area contributed by atoms with Gasteiger partial charge in [0.1, 0.15) is 30.8 Å². The summed E-state index contributed by atoms with van der Waals surface area (Å²) < 4.78 is 16.9. The van der Waals surface area contributed by atoms with Crippen LogP contribution in [0.4, 0.5) is 0 Å². The van der Waals surface area contributed by atoms with Gasteiger partial charge in [0.2, 0.25) is 0 Å². The molecule has 2 N–H and O–H groups in total. The van der Waals surface area contributed by atoms with Gasteiger partial charge >= 0.3 is 5.97 Å². The van der Waals surface area contributed by atoms with E-state index in [1.807, 2.05) is 11.0 Å². The molecule has 2 aromatic carbocycles.